The molecule has 0 radical (unpaired) electrons. The minimum atomic E-state index is -3.40. The smallest absolute Gasteiger partial charge is 0.195 e. The molecule has 1 aromatic rings. The molecule has 20 heavy (non-hydrogen) atoms. The molecule has 1 saturated heterocycles. The van der Waals surface area contributed by atoms with Crippen molar-refractivity contribution in [3.8, 4) is 0 Å². The predicted molar refractivity (Wildman–Crippen MR) is 84.6 cm³/mol. The number of hydrogen-bond acceptors (Lipinski definition) is 2. The SMILES string of the molecule is CC1CCCN(S(=O)(=O)NC(C)c2ccc(Br)cc2)C1. The lowest BCUT2D eigenvalue weighted by Gasteiger charge is -2.31. The minimum absolute atomic E-state index is 0.231. The molecule has 0 amide bonds. The maximum Gasteiger partial charge on any atom is 0.280 e. The van der Waals surface area contributed by atoms with E-state index in [1.807, 2.05) is 31.2 Å². The van der Waals surface area contributed by atoms with Crippen LogP contribution in [0.25, 0.3) is 0 Å². The molecule has 112 valence electrons. The standard InChI is InChI=1S/C14H21BrN2O2S/c1-11-4-3-9-17(10-11)20(18,19)16-12(2)13-5-7-14(15)8-6-13/h5-8,11-12,16H,3-4,9-10H2,1-2H3. The Balaban J connectivity index is 2.05. The number of nitrogens with zero attached hydrogens (tertiary/aromatic N) is 1. The summed E-state index contributed by atoms with van der Waals surface area (Å²) < 4.78 is 30.1. The highest BCUT2D eigenvalue weighted by Crippen LogP contribution is 2.21. The van der Waals surface area contributed by atoms with Crippen LogP contribution >= 0.6 is 15.9 Å². The molecule has 1 aromatic carbocycles. The van der Waals surface area contributed by atoms with Crippen LogP contribution in [0.2, 0.25) is 0 Å². The number of hydrogen-bond donors (Lipinski definition) is 1. The Bertz CT molecular complexity index is 545. The van der Waals surface area contributed by atoms with E-state index in [1.54, 1.807) is 4.31 Å². The van der Waals surface area contributed by atoms with Gasteiger partial charge in [0, 0.05) is 23.6 Å². The van der Waals surface area contributed by atoms with E-state index >= 15 is 0 Å². The fraction of sp³-hybridized carbons (Fsp3) is 0.571. The number of nitrogens with one attached hydrogen (secondary N) is 1. The number of piperidine rings is 1. The quantitative estimate of drug-likeness (QED) is 0.896. The average Bonchev–Trinajstić information content (AvgIpc) is 2.39. The van der Waals surface area contributed by atoms with Crippen molar-refractivity contribution in [1.29, 1.82) is 0 Å². The zero-order valence-electron chi connectivity index (χ0n) is 11.8. The van der Waals surface area contributed by atoms with Crippen molar-refractivity contribution in [2.45, 2.75) is 32.7 Å². The highest BCUT2D eigenvalue weighted by molar-refractivity contribution is 9.10. The summed E-state index contributed by atoms with van der Waals surface area (Å²) >= 11 is 3.38. The fourth-order valence-electron chi connectivity index (χ4n) is 2.48. The molecular weight excluding hydrogens is 340 g/mol. The first-order valence-electron chi connectivity index (χ1n) is 6.91. The third-order valence-electron chi connectivity index (χ3n) is 3.66. The van der Waals surface area contributed by atoms with Crippen LogP contribution in [0.4, 0.5) is 0 Å². The molecule has 1 fully saturated rings. The Kier molecular flexibility index (Phi) is 5.23. The Morgan fingerprint density at radius 1 is 1.35 bits per heavy atom. The van der Waals surface area contributed by atoms with Crippen molar-refractivity contribution in [3.05, 3.63) is 34.3 Å². The lowest BCUT2D eigenvalue weighted by atomic mass is 10.0. The highest BCUT2D eigenvalue weighted by Gasteiger charge is 2.28. The molecule has 2 rings (SSSR count). The first kappa shape index (κ1) is 15.9. The maximum absolute atomic E-state index is 12.4. The Hall–Kier alpha value is -0.430. The maximum atomic E-state index is 12.4. The second-order valence-electron chi connectivity index (χ2n) is 5.50. The van der Waals surface area contributed by atoms with Gasteiger partial charge in [-0.25, -0.2) is 0 Å². The fourth-order valence-corrected chi connectivity index (χ4v) is 4.30. The van der Waals surface area contributed by atoms with Gasteiger partial charge in [0.15, 0.2) is 0 Å². The van der Waals surface area contributed by atoms with Gasteiger partial charge < -0.3 is 0 Å². The molecule has 0 saturated carbocycles. The summed E-state index contributed by atoms with van der Waals surface area (Å²) in [5.41, 5.74) is 0.960. The first-order chi connectivity index (χ1) is 9.38. The molecule has 6 heteroatoms. The van der Waals surface area contributed by atoms with Gasteiger partial charge in [0.25, 0.3) is 10.2 Å². The third kappa shape index (κ3) is 4.04. The summed E-state index contributed by atoms with van der Waals surface area (Å²) in [5, 5.41) is 0. The Morgan fingerprint density at radius 2 is 2.00 bits per heavy atom. The van der Waals surface area contributed by atoms with Gasteiger partial charge in [0.1, 0.15) is 0 Å². The van der Waals surface area contributed by atoms with Crippen molar-refractivity contribution in [2.75, 3.05) is 13.1 Å². The van der Waals surface area contributed by atoms with Crippen molar-refractivity contribution in [3.63, 3.8) is 0 Å². The van der Waals surface area contributed by atoms with E-state index in [-0.39, 0.29) is 6.04 Å². The summed E-state index contributed by atoms with van der Waals surface area (Å²) in [4.78, 5) is 0. The number of halogens is 1. The summed E-state index contributed by atoms with van der Waals surface area (Å²) in [7, 11) is -3.40. The van der Waals surface area contributed by atoms with Crippen LogP contribution in [0, 0.1) is 5.92 Å². The highest BCUT2D eigenvalue weighted by atomic mass is 79.9. The lowest BCUT2D eigenvalue weighted by molar-refractivity contribution is 0.277. The topological polar surface area (TPSA) is 49.4 Å². The van der Waals surface area contributed by atoms with Gasteiger partial charge in [0.2, 0.25) is 0 Å². The summed E-state index contributed by atoms with van der Waals surface area (Å²) in [6.07, 6.45) is 2.04. The van der Waals surface area contributed by atoms with Crippen LogP contribution in [0.3, 0.4) is 0 Å². The first-order valence-corrected chi connectivity index (χ1v) is 9.14. The second-order valence-corrected chi connectivity index (χ2v) is 8.12. The van der Waals surface area contributed by atoms with Crippen LogP contribution in [0.1, 0.15) is 38.3 Å². The van der Waals surface area contributed by atoms with Gasteiger partial charge in [-0.05, 0) is 43.4 Å². The molecule has 1 aliphatic heterocycles. The minimum Gasteiger partial charge on any atom is -0.195 e. The van der Waals surface area contributed by atoms with E-state index in [1.165, 1.54) is 0 Å². The number of benzene rings is 1. The molecule has 2 atom stereocenters. The van der Waals surface area contributed by atoms with Gasteiger partial charge in [-0.1, -0.05) is 35.0 Å². The second kappa shape index (κ2) is 6.56. The molecule has 1 N–H and O–H groups in total. The molecular formula is C14H21BrN2O2S. The molecule has 0 aliphatic carbocycles. The predicted octanol–water partition coefficient (Wildman–Crippen LogP) is 3.08. The lowest BCUT2D eigenvalue weighted by Crippen LogP contribution is -2.46. The van der Waals surface area contributed by atoms with Gasteiger partial charge in [-0.2, -0.15) is 17.4 Å². The van der Waals surface area contributed by atoms with E-state index in [0.29, 0.717) is 19.0 Å². The Labute approximate surface area is 129 Å². The van der Waals surface area contributed by atoms with Crippen molar-refractivity contribution in [1.82, 2.24) is 9.03 Å². The summed E-state index contributed by atoms with van der Waals surface area (Å²) in [6.45, 7) is 5.20. The van der Waals surface area contributed by atoms with Gasteiger partial charge >= 0.3 is 0 Å². The van der Waals surface area contributed by atoms with Crippen molar-refractivity contribution >= 4 is 26.1 Å². The van der Waals surface area contributed by atoms with Crippen molar-refractivity contribution in [2.24, 2.45) is 5.92 Å². The van der Waals surface area contributed by atoms with Gasteiger partial charge in [-0.15, -0.1) is 0 Å². The summed E-state index contributed by atoms with van der Waals surface area (Å²) in [5.74, 6) is 0.434. The normalized spacial score (nSPS) is 22.6. The zero-order chi connectivity index (χ0) is 14.8. The molecule has 2 unspecified atom stereocenters. The molecule has 4 nitrogen and oxygen atoms in total. The van der Waals surface area contributed by atoms with Crippen LogP contribution in [0.5, 0.6) is 0 Å². The van der Waals surface area contributed by atoms with E-state index in [0.717, 1.165) is 22.9 Å². The summed E-state index contributed by atoms with van der Waals surface area (Å²) in [6, 6.07) is 7.46. The van der Waals surface area contributed by atoms with Crippen LogP contribution in [0.15, 0.2) is 28.7 Å². The molecule has 0 spiro atoms. The van der Waals surface area contributed by atoms with E-state index in [9.17, 15) is 8.42 Å². The molecule has 1 heterocycles. The Morgan fingerprint density at radius 3 is 2.60 bits per heavy atom. The third-order valence-corrected chi connectivity index (χ3v) is 5.85. The molecule has 0 aromatic heterocycles. The van der Waals surface area contributed by atoms with Gasteiger partial charge in [0.05, 0.1) is 0 Å². The van der Waals surface area contributed by atoms with E-state index in [2.05, 4.69) is 27.6 Å². The van der Waals surface area contributed by atoms with Crippen LogP contribution < -0.4 is 4.72 Å². The van der Waals surface area contributed by atoms with Crippen LogP contribution in [-0.2, 0) is 10.2 Å². The largest absolute Gasteiger partial charge is 0.280 e. The average molecular weight is 361 g/mol. The molecule has 0 bridgehead atoms. The van der Waals surface area contributed by atoms with Crippen LogP contribution in [-0.4, -0.2) is 25.8 Å². The van der Waals surface area contributed by atoms with Gasteiger partial charge in [-0.3, -0.25) is 0 Å². The molecule has 1 aliphatic rings. The van der Waals surface area contributed by atoms with E-state index in [4.69, 9.17) is 0 Å². The van der Waals surface area contributed by atoms with Crippen molar-refractivity contribution < 1.29 is 8.42 Å². The zero-order valence-corrected chi connectivity index (χ0v) is 14.2. The number of rotatable bonds is 4. The van der Waals surface area contributed by atoms with E-state index < -0.39 is 10.2 Å². The monoisotopic (exact) mass is 360 g/mol.